The third-order valence-electron chi connectivity index (χ3n) is 8.36. The number of aromatic hydroxyl groups is 2. The molecule has 0 saturated carbocycles. The number of phenols is 2. The van der Waals surface area contributed by atoms with Gasteiger partial charge in [-0.25, -0.2) is 9.59 Å². The van der Waals surface area contributed by atoms with E-state index in [1.54, 1.807) is 0 Å². The van der Waals surface area contributed by atoms with Crippen molar-refractivity contribution in [2.45, 2.75) is 72.9 Å². The molecular formula is C32H34O16S. The Kier molecular flexibility index (Phi) is 10.6. The summed E-state index contributed by atoms with van der Waals surface area (Å²) in [6, 6.07) is 11.3. The second-order valence-corrected chi connectivity index (χ2v) is 12.9. The molecule has 10 atom stereocenters. The maximum absolute atomic E-state index is 12.6. The number of aliphatic hydroxyl groups is 6. The highest BCUT2D eigenvalue weighted by Gasteiger charge is 2.51. The zero-order valence-corrected chi connectivity index (χ0v) is 26.3. The lowest BCUT2D eigenvalue weighted by Crippen LogP contribution is -2.61. The van der Waals surface area contributed by atoms with Crippen molar-refractivity contribution in [3.63, 3.8) is 0 Å². The zero-order valence-electron chi connectivity index (χ0n) is 25.5. The molecule has 6 unspecified atom stereocenters. The standard InChI is InChI=1S/C32H34O16S/c33-9-21-23(37)27(43-11-15-5-13-1-3-17(35)7-19(13)45-29(15)41)25(39)31(47-21)49-32-26(40)28(24(38)22(10-34)48-32)44-12-16-6-14-2-4-18(36)8-20(14)46-30(16)42/h1-8,21-28,31-40H,9-12H2/t21?,22?,23-,24-,25?,26?,27?,28?,31-,32-/m0/s1. The number of aliphatic hydroxyl groups excluding tert-OH is 6. The van der Waals surface area contributed by atoms with Gasteiger partial charge in [0.1, 0.15) is 82.4 Å². The topological polar surface area (TPSA) is 259 Å². The van der Waals surface area contributed by atoms with Crippen LogP contribution >= 0.6 is 11.8 Å². The van der Waals surface area contributed by atoms with Crippen molar-refractivity contribution in [1.82, 2.24) is 0 Å². The summed E-state index contributed by atoms with van der Waals surface area (Å²) in [4.78, 5) is 25.1. The number of hydrogen-bond acceptors (Lipinski definition) is 17. The van der Waals surface area contributed by atoms with E-state index in [2.05, 4.69) is 0 Å². The molecule has 0 aliphatic carbocycles. The molecule has 0 amide bonds. The highest BCUT2D eigenvalue weighted by atomic mass is 32.2. The van der Waals surface area contributed by atoms with Gasteiger partial charge in [-0.15, -0.1) is 0 Å². The highest BCUT2D eigenvalue weighted by Crippen LogP contribution is 2.38. The third kappa shape index (κ3) is 7.33. The Morgan fingerprint density at radius 3 is 1.41 bits per heavy atom. The molecule has 2 fully saturated rings. The fraction of sp³-hybridized carbons (Fsp3) is 0.438. The van der Waals surface area contributed by atoms with Gasteiger partial charge in [-0.05, 0) is 36.4 Å². The SMILES string of the molecule is O=c1oc2cc(O)ccc2cc1COC1C(O)[C@H](S[C@@H]2OC(CO)[C@H](O)C(OCc3cc4ccc(O)cc4oc3=O)C2O)OC(CO)[C@@H]1O. The van der Waals surface area contributed by atoms with Gasteiger partial charge in [0.25, 0.3) is 0 Å². The van der Waals surface area contributed by atoms with Crippen LogP contribution in [0, 0.1) is 0 Å². The van der Waals surface area contributed by atoms with E-state index in [0.29, 0.717) is 22.5 Å². The monoisotopic (exact) mass is 706 g/mol. The molecule has 0 bridgehead atoms. The number of benzene rings is 2. The van der Waals surface area contributed by atoms with E-state index in [1.165, 1.54) is 48.5 Å². The van der Waals surface area contributed by atoms with Gasteiger partial charge in [-0.3, -0.25) is 0 Å². The van der Waals surface area contributed by atoms with Crippen LogP contribution in [0.2, 0.25) is 0 Å². The van der Waals surface area contributed by atoms with Crippen molar-refractivity contribution in [3.8, 4) is 11.5 Å². The van der Waals surface area contributed by atoms with Crippen LogP contribution in [0.25, 0.3) is 21.9 Å². The number of thioether (sulfide) groups is 1. The van der Waals surface area contributed by atoms with Gasteiger partial charge < -0.3 is 68.6 Å². The van der Waals surface area contributed by atoms with Crippen molar-refractivity contribution in [1.29, 1.82) is 0 Å². The van der Waals surface area contributed by atoms with Crippen LogP contribution in [-0.4, -0.2) is 114 Å². The normalized spacial score (nSPS) is 30.6. The first-order chi connectivity index (χ1) is 23.5. The maximum atomic E-state index is 12.6. The van der Waals surface area contributed by atoms with E-state index in [4.69, 9.17) is 27.8 Å². The molecule has 2 aromatic heterocycles. The lowest BCUT2D eigenvalue weighted by atomic mass is 9.99. The Balaban J connectivity index is 1.17. The molecule has 2 aromatic carbocycles. The molecule has 4 aromatic rings. The Labute approximate surface area is 280 Å². The van der Waals surface area contributed by atoms with E-state index >= 15 is 0 Å². The minimum absolute atomic E-state index is 0.0400. The van der Waals surface area contributed by atoms with Gasteiger partial charge in [-0.1, -0.05) is 11.8 Å². The third-order valence-corrected chi connectivity index (χ3v) is 9.67. The zero-order chi connectivity index (χ0) is 35.0. The maximum Gasteiger partial charge on any atom is 0.341 e. The van der Waals surface area contributed by atoms with Crippen LogP contribution < -0.4 is 11.3 Å². The lowest BCUT2D eigenvalue weighted by molar-refractivity contribution is -0.231. The summed E-state index contributed by atoms with van der Waals surface area (Å²) in [5, 5.41) is 84.3. The minimum atomic E-state index is -1.62. The van der Waals surface area contributed by atoms with E-state index in [0.717, 1.165) is 0 Å². The van der Waals surface area contributed by atoms with E-state index in [1.807, 2.05) is 0 Å². The van der Waals surface area contributed by atoms with Crippen LogP contribution in [-0.2, 0) is 32.2 Å². The second-order valence-electron chi connectivity index (χ2n) is 11.7. The molecule has 2 saturated heterocycles. The summed E-state index contributed by atoms with van der Waals surface area (Å²) >= 11 is 0.707. The van der Waals surface area contributed by atoms with Gasteiger partial charge in [0, 0.05) is 22.9 Å². The summed E-state index contributed by atoms with van der Waals surface area (Å²) in [7, 11) is 0. The van der Waals surface area contributed by atoms with Crippen molar-refractivity contribution in [3.05, 3.63) is 80.5 Å². The Hall–Kier alpha value is -3.59. The summed E-state index contributed by atoms with van der Waals surface area (Å²) in [6.07, 6.45) is -11.7. The minimum Gasteiger partial charge on any atom is -0.508 e. The average molecular weight is 707 g/mol. The van der Waals surface area contributed by atoms with Gasteiger partial charge in [-0.2, -0.15) is 0 Å². The van der Waals surface area contributed by atoms with Crippen LogP contribution in [0.5, 0.6) is 11.5 Å². The first-order valence-electron chi connectivity index (χ1n) is 15.1. The largest absolute Gasteiger partial charge is 0.508 e. The van der Waals surface area contributed by atoms with Crippen molar-refractivity contribution in [2.24, 2.45) is 0 Å². The summed E-state index contributed by atoms with van der Waals surface area (Å²) in [5.41, 5.74) is -3.84. The molecule has 0 radical (unpaired) electrons. The lowest BCUT2D eigenvalue weighted by Gasteiger charge is -2.46. The molecule has 2 aliphatic rings. The predicted molar refractivity (Wildman–Crippen MR) is 169 cm³/mol. The Bertz CT molecular complexity index is 1760. The molecule has 6 rings (SSSR count). The number of rotatable bonds is 10. The van der Waals surface area contributed by atoms with Crippen LogP contribution in [0.15, 0.2) is 67.0 Å². The first-order valence-corrected chi connectivity index (χ1v) is 16.1. The quantitative estimate of drug-likeness (QED) is 0.0957. The van der Waals surface area contributed by atoms with Crippen LogP contribution in [0.4, 0.5) is 0 Å². The number of phenolic OH excluding ortho intramolecular Hbond substituents is 2. The molecule has 264 valence electrons. The molecule has 17 heteroatoms. The molecule has 49 heavy (non-hydrogen) atoms. The van der Waals surface area contributed by atoms with Crippen LogP contribution in [0.3, 0.4) is 0 Å². The fourth-order valence-corrected chi connectivity index (χ4v) is 7.03. The van der Waals surface area contributed by atoms with E-state index in [9.17, 15) is 50.4 Å². The Morgan fingerprint density at radius 1 is 0.612 bits per heavy atom. The first kappa shape index (κ1) is 35.2. The Morgan fingerprint density at radius 2 is 1.02 bits per heavy atom. The van der Waals surface area contributed by atoms with E-state index in [-0.39, 0.29) is 33.8 Å². The van der Waals surface area contributed by atoms with Gasteiger partial charge >= 0.3 is 11.3 Å². The average Bonchev–Trinajstić information content (AvgIpc) is 3.07. The van der Waals surface area contributed by atoms with Crippen molar-refractivity contribution < 1.29 is 68.6 Å². The van der Waals surface area contributed by atoms with Gasteiger partial charge in [0.05, 0.1) is 37.6 Å². The smallest absolute Gasteiger partial charge is 0.341 e. The van der Waals surface area contributed by atoms with E-state index < -0.39 is 97.4 Å². The van der Waals surface area contributed by atoms with Crippen LogP contribution in [0.1, 0.15) is 11.1 Å². The number of hydrogen-bond donors (Lipinski definition) is 8. The fourth-order valence-electron chi connectivity index (χ4n) is 5.72. The van der Waals surface area contributed by atoms with Gasteiger partial charge in [0.15, 0.2) is 0 Å². The molecule has 0 spiro atoms. The summed E-state index contributed by atoms with van der Waals surface area (Å²) in [5.74, 6) is -0.201. The summed E-state index contributed by atoms with van der Waals surface area (Å²) < 4.78 is 33.4. The molecule has 8 N–H and O–H groups in total. The van der Waals surface area contributed by atoms with Crippen molar-refractivity contribution >= 4 is 33.7 Å². The predicted octanol–water partition coefficient (Wildman–Crippen LogP) is -0.608. The highest BCUT2D eigenvalue weighted by molar-refractivity contribution is 8.00. The molecule has 2 aliphatic heterocycles. The van der Waals surface area contributed by atoms with Gasteiger partial charge in [0.2, 0.25) is 0 Å². The number of ether oxygens (including phenoxy) is 4. The van der Waals surface area contributed by atoms with Crippen molar-refractivity contribution in [2.75, 3.05) is 13.2 Å². The summed E-state index contributed by atoms with van der Waals surface area (Å²) in [6.45, 7) is -2.24. The molecule has 16 nitrogen and oxygen atoms in total. The second kappa shape index (κ2) is 14.7. The molecule has 4 heterocycles. The number of fused-ring (bicyclic) bond motifs is 2. The molecular weight excluding hydrogens is 672 g/mol.